The standard InChI is InChI=1S/C16H24N/c1-4-10-16(11-5-1)12-6-2-7-13-17-14-8-3-9-15-17/h1,4-5,8,10-11H,2-3,6-7,9,12-15H2. The number of rotatable bonds is 6. The van der Waals surface area contributed by atoms with Crippen LogP contribution < -0.4 is 0 Å². The highest BCUT2D eigenvalue weighted by molar-refractivity contribution is 5.14. The van der Waals surface area contributed by atoms with Gasteiger partial charge < -0.3 is 4.90 Å². The second-order valence-electron chi connectivity index (χ2n) is 5.03. The van der Waals surface area contributed by atoms with Crippen molar-refractivity contribution in [2.24, 2.45) is 0 Å². The third-order valence-electron chi connectivity index (χ3n) is 3.55. The third kappa shape index (κ3) is 4.91. The van der Waals surface area contributed by atoms with Gasteiger partial charge in [0.1, 0.15) is 0 Å². The van der Waals surface area contributed by atoms with Gasteiger partial charge in [0.25, 0.3) is 0 Å². The van der Waals surface area contributed by atoms with Gasteiger partial charge in [0.15, 0.2) is 0 Å². The van der Waals surface area contributed by atoms with Crippen molar-refractivity contribution in [3.8, 4) is 0 Å². The van der Waals surface area contributed by atoms with E-state index in [1.807, 2.05) is 0 Å². The van der Waals surface area contributed by atoms with Crippen LogP contribution in [-0.4, -0.2) is 24.5 Å². The van der Waals surface area contributed by atoms with Crippen molar-refractivity contribution in [3.05, 3.63) is 42.3 Å². The Hall–Kier alpha value is -0.820. The molecule has 0 amide bonds. The van der Waals surface area contributed by atoms with Crippen molar-refractivity contribution in [2.45, 2.75) is 38.5 Å². The van der Waals surface area contributed by atoms with Gasteiger partial charge in [-0.15, -0.1) is 0 Å². The second kappa shape index (κ2) is 7.50. The zero-order valence-corrected chi connectivity index (χ0v) is 10.8. The van der Waals surface area contributed by atoms with Crippen LogP contribution in [0, 0.1) is 6.42 Å². The highest BCUT2D eigenvalue weighted by Crippen LogP contribution is 2.10. The zero-order chi connectivity index (χ0) is 11.8. The number of nitrogens with zero attached hydrogens (tertiary/aromatic N) is 1. The van der Waals surface area contributed by atoms with Crippen LogP contribution in [0.3, 0.4) is 0 Å². The summed E-state index contributed by atoms with van der Waals surface area (Å²) in [5, 5.41) is 0. The van der Waals surface area contributed by atoms with Crippen LogP contribution in [0.1, 0.15) is 37.7 Å². The van der Waals surface area contributed by atoms with Crippen LogP contribution in [0.15, 0.2) is 30.3 Å². The molecular formula is C16H24N. The predicted octanol–water partition coefficient (Wildman–Crippen LogP) is 3.70. The van der Waals surface area contributed by atoms with E-state index in [4.69, 9.17) is 0 Å². The number of benzene rings is 1. The molecular weight excluding hydrogens is 206 g/mol. The normalized spacial score (nSPS) is 17.2. The Morgan fingerprint density at radius 3 is 2.65 bits per heavy atom. The lowest BCUT2D eigenvalue weighted by molar-refractivity contribution is 0.257. The third-order valence-corrected chi connectivity index (χ3v) is 3.55. The minimum Gasteiger partial charge on any atom is -0.303 e. The number of aryl methyl sites for hydroxylation is 1. The van der Waals surface area contributed by atoms with E-state index in [9.17, 15) is 0 Å². The van der Waals surface area contributed by atoms with Crippen LogP contribution >= 0.6 is 0 Å². The highest BCUT2D eigenvalue weighted by atomic mass is 15.1. The van der Waals surface area contributed by atoms with Crippen molar-refractivity contribution in [1.29, 1.82) is 0 Å². The Labute approximate surface area is 106 Å². The molecule has 1 aliphatic heterocycles. The fourth-order valence-electron chi connectivity index (χ4n) is 2.51. The summed E-state index contributed by atoms with van der Waals surface area (Å²) >= 11 is 0. The molecule has 2 rings (SSSR count). The van der Waals surface area contributed by atoms with Crippen LogP contribution in [0.4, 0.5) is 0 Å². The molecule has 1 aromatic carbocycles. The van der Waals surface area contributed by atoms with Gasteiger partial charge >= 0.3 is 0 Å². The van der Waals surface area contributed by atoms with Gasteiger partial charge in [0.2, 0.25) is 0 Å². The summed E-state index contributed by atoms with van der Waals surface area (Å²) in [5.41, 5.74) is 1.49. The molecule has 0 N–H and O–H groups in total. The highest BCUT2D eigenvalue weighted by Gasteiger charge is 2.08. The quantitative estimate of drug-likeness (QED) is 0.674. The number of hydrogen-bond donors (Lipinski definition) is 0. The van der Waals surface area contributed by atoms with Crippen LogP contribution in [-0.2, 0) is 6.42 Å². The first-order valence-electron chi connectivity index (χ1n) is 7.03. The molecule has 0 atom stereocenters. The molecule has 1 saturated heterocycles. The van der Waals surface area contributed by atoms with E-state index >= 15 is 0 Å². The molecule has 1 fully saturated rings. The largest absolute Gasteiger partial charge is 0.303 e. The van der Waals surface area contributed by atoms with Crippen molar-refractivity contribution in [2.75, 3.05) is 19.6 Å². The fraction of sp³-hybridized carbons (Fsp3) is 0.562. The topological polar surface area (TPSA) is 3.24 Å². The summed E-state index contributed by atoms with van der Waals surface area (Å²) in [4.78, 5) is 2.59. The second-order valence-corrected chi connectivity index (χ2v) is 5.03. The molecule has 0 aromatic heterocycles. The van der Waals surface area contributed by atoms with E-state index in [-0.39, 0.29) is 0 Å². The van der Waals surface area contributed by atoms with Gasteiger partial charge in [-0.25, -0.2) is 0 Å². The first kappa shape index (κ1) is 12.6. The maximum absolute atomic E-state index is 2.59. The lowest BCUT2D eigenvalue weighted by atomic mass is 10.1. The Balaban J connectivity index is 1.51. The maximum atomic E-state index is 2.59. The smallest absolute Gasteiger partial charge is 0.00128 e. The SMILES string of the molecule is [CH]1CCCN(CCCCCc2ccccc2)C1. The summed E-state index contributed by atoms with van der Waals surface area (Å²) in [6.07, 6.45) is 10.4. The van der Waals surface area contributed by atoms with Gasteiger partial charge in [0.05, 0.1) is 0 Å². The molecule has 0 spiro atoms. The van der Waals surface area contributed by atoms with E-state index in [1.54, 1.807) is 0 Å². The lowest BCUT2D eigenvalue weighted by Crippen LogP contribution is -2.30. The van der Waals surface area contributed by atoms with Gasteiger partial charge in [-0.2, -0.15) is 0 Å². The fourth-order valence-corrected chi connectivity index (χ4v) is 2.51. The summed E-state index contributed by atoms with van der Waals surface area (Å²) in [6.45, 7) is 3.83. The Morgan fingerprint density at radius 2 is 1.88 bits per heavy atom. The molecule has 0 aliphatic carbocycles. The zero-order valence-electron chi connectivity index (χ0n) is 10.8. The summed E-state index contributed by atoms with van der Waals surface area (Å²) in [6, 6.07) is 10.8. The number of piperidine rings is 1. The molecule has 0 unspecified atom stereocenters. The number of likely N-dealkylation sites (tertiary alicyclic amines) is 1. The van der Waals surface area contributed by atoms with Crippen molar-refractivity contribution in [3.63, 3.8) is 0 Å². The van der Waals surface area contributed by atoms with Crippen LogP contribution in [0.2, 0.25) is 0 Å². The first-order valence-corrected chi connectivity index (χ1v) is 7.03. The van der Waals surface area contributed by atoms with Crippen molar-refractivity contribution in [1.82, 2.24) is 4.90 Å². The molecule has 1 radical (unpaired) electrons. The molecule has 1 heteroatoms. The number of hydrogen-bond acceptors (Lipinski definition) is 1. The van der Waals surface area contributed by atoms with Gasteiger partial charge in [-0.3, -0.25) is 0 Å². The van der Waals surface area contributed by atoms with Crippen molar-refractivity contribution >= 4 is 0 Å². The summed E-state index contributed by atoms with van der Waals surface area (Å²) in [5.74, 6) is 0. The van der Waals surface area contributed by atoms with Gasteiger partial charge in [-0.1, -0.05) is 36.8 Å². The predicted molar refractivity (Wildman–Crippen MR) is 74.0 cm³/mol. The molecule has 0 bridgehead atoms. The average molecular weight is 230 g/mol. The van der Waals surface area contributed by atoms with E-state index in [0.717, 1.165) is 0 Å². The van der Waals surface area contributed by atoms with Gasteiger partial charge in [-0.05, 0) is 57.2 Å². The van der Waals surface area contributed by atoms with Crippen LogP contribution in [0.5, 0.6) is 0 Å². The summed E-state index contributed by atoms with van der Waals surface area (Å²) < 4.78 is 0. The first-order chi connectivity index (χ1) is 8.45. The molecule has 0 saturated carbocycles. The average Bonchev–Trinajstić information content (AvgIpc) is 2.41. The number of unbranched alkanes of at least 4 members (excludes halogenated alkanes) is 2. The lowest BCUT2D eigenvalue weighted by Gasteiger charge is -2.26. The molecule has 1 aromatic rings. The molecule has 1 aliphatic rings. The minimum atomic E-state index is 1.22. The Bertz CT molecular complexity index is 288. The van der Waals surface area contributed by atoms with E-state index in [1.165, 1.54) is 63.7 Å². The monoisotopic (exact) mass is 230 g/mol. The van der Waals surface area contributed by atoms with Gasteiger partial charge in [0, 0.05) is 6.54 Å². The Kier molecular flexibility index (Phi) is 5.57. The van der Waals surface area contributed by atoms with E-state index in [0.29, 0.717) is 0 Å². The van der Waals surface area contributed by atoms with Crippen LogP contribution in [0.25, 0.3) is 0 Å². The summed E-state index contributed by atoms with van der Waals surface area (Å²) in [7, 11) is 0. The Morgan fingerprint density at radius 1 is 1.00 bits per heavy atom. The molecule has 1 nitrogen and oxygen atoms in total. The molecule has 93 valence electrons. The molecule has 17 heavy (non-hydrogen) atoms. The molecule has 1 heterocycles. The maximum Gasteiger partial charge on any atom is 0.00128 e. The van der Waals surface area contributed by atoms with E-state index < -0.39 is 0 Å². The van der Waals surface area contributed by atoms with E-state index in [2.05, 4.69) is 41.7 Å². The minimum absolute atomic E-state index is 1.22. The van der Waals surface area contributed by atoms with Crippen molar-refractivity contribution < 1.29 is 0 Å².